The van der Waals surface area contributed by atoms with Gasteiger partial charge in [0.1, 0.15) is 6.61 Å². The van der Waals surface area contributed by atoms with Crippen molar-refractivity contribution in [1.82, 2.24) is 5.32 Å². The predicted octanol–water partition coefficient (Wildman–Crippen LogP) is 5.55. The lowest BCUT2D eigenvalue weighted by Gasteiger charge is -2.14. The number of aryl methyl sites for hydroxylation is 1. The smallest absolute Gasteiger partial charge is 0.407 e. The average Bonchev–Trinajstić information content (AvgIpc) is 3.16. The second kappa shape index (κ2) is 10.8. The van der Waals surface area contributed by atoms with Crippen molar-refractivity contribution in [2.75, 3.05) is 19.8 Å². The lowest BCUT2D eigenvalue weighted by molar-refractivity contribution is 0.143. The van der Waals surface area contributed by atoms with E-state index in [2.05, 4.69) is 59.9 Å². The molecular formula is C28H29NO3. The van der Waals surface area contributed by atoms with Crippen molar-refractivity contribution in [3.63, 3.8) is 0 Å². The minimum Gasteiger partial charge on any atom is -0.449 e. The molecule has 0 heterocycles. The Kier molecular flexibility index (Phi) is 7.36. The Balaban J connectivity index is 1.22. The molecule has 0 atom stereocenters. The quantitative estimate of drug-likeness (QED) is 0.440. The summed E-state index contributed by atoms with van der Waals surface area (Å²) in [4.78, 5) is 12.2. The topological polar surface area (TPSA) is 58.6 Å². The number of hydrogen-bond donors (Lipinski definition) is 2. The Bertz CT molecular complexity index is 1030. The molecule has 0 fully saturated rings. The number of ether oxygens (including phenoxy) is 1. The number of carbonyl (C=O) groups is 1. The van der Waals surface area contributed by atoms with Gasteiger partial charge in [-0.15, -0.1) is 0 Å². The fourth-order valence-electron chi connectivity index (χ4n) is 4.21. The van der Waals surface area contributed by atoms with Gasteiger partial charge in [-0.1, -0.05) is 84.9 Å². The van der Waals surface area contributed by atoms with E-state index in [1.807, 2.05) is 30.3 Å². The highest BCUT2D eigenvalue weighted by Gasteiger charge is 2.28. The van der Waals surface area contributed by atoms with Crippen LogP contribution in [0.15, 0.2) is 78.9 Å². The van der Waals surface area contributed by atoms with Crippen molar-refractivity contribution in [2.24, 2.45) is 0 Å². The minimum atomic E-state index is -0.381. The predicted molar refractivity (Wildman–Crippen MR) is 129 cm³/mol. The molecule has 0 saturated heterocycles. The molecule has 0 unspecified atom stereocenters. The fourth-order valence-corrected chi connectivity index (χ4v) is 4.21. The molecule has 0 radical (unpaired) electrons. The molecule has 0 saturated carbocycles. The van der Waals surface area contributed by atoms with Crippen molar-refractivity contribution >= 4 is 12.2 Å². The van der Waals surface area contributed by atoms with E-state index in [1.165, 1.54) is 27.8 Å². The van der Waals surface area contributed by atoms with Crippen LogP contribution < -0.4 is 5.32 Å². The van der Waals surface area contributed by atoms with Gasteiger partial charge < -0.3 is 15.2 Å². The van der Waals surface area contributed by atoms with Crippen LogP contribution in [0, 0.1) is 0 Å². The standard InChI is InChI=1S/C28H29NO3/c30-19-7-9-22-16-14-21(15-17-22)8-5-6-18-29-28(31)32-20-27-25-12-3-1-10-23(25)24-11-2-4-13-26(24)27/h1-5,8,10-17,27,30H,6-7,9,18-20H2,(H,29,31). The lowest BCUT2D eigenvalue weighted by atomic mass is 9.98. The van der Waals surface area contributed by atoms with E-state index in [0.29, 0.717) is 13.2 Å². The van der Waals surface area contributed by atoms with Crippen LogP contribution in [0.3, 0.4) is 0 Å². The van der Waals surface area contributed by atoms with Crippen LogP contribution in [0.25, 0.3) is 17.2 Å². The van der Waals surface area contributed by atoms with Gasteiger partial charge in [-0.2, -0.15) is 0 Å². The van der Waals surface area contributed by atoms with Crippen LogP contribution in [-0.4, -0.2) is 31.0 Å². The van der Waals surface area contributed by atoms with Gasteiger partial charge in [0.15, 0.2) is 0 Å². The van der Waals surface area contributed by atoms with Crippen LogP contribution in [-0.2, 0) is 11.2 Å². The summed E-state index contributed by atoms with van der Waals surface area (Å²) in [6, 6.07) is 25.0. The Labute approximate surface area is 189 Å². The maximum Gasteiger partial charge on any atom is 0.407 e. The first kappa shape index (κ1) is 21.8. The summed E-state index contributed by atoms with van der Waals surface area (Å²) < 4.78 is 5.56. The highest BCUT2D eigenvalue weighted by molar-refractivity contribution is 5.79. The van der Waals surface area contributed by atoms with E-state index < -0.39 is 0 Å². The van der Waals surface area contributed by atoms with Gasteiger partial charge in [0, 0.05) is 19.1 Å². The molecule has 0 bridgehead atoms. The monoisotopic (exact) mass is 427 g/mol. The summed E-state index contributed by atoms with van der Waals surface area (Å²) in [5.41, 5.74) is 7.23. The molecule has 3 aromatic rings. The average molecular weight is 428 g/mol. The first-order valence-corrected chi connectivity index (χ1v) is 11.2. The zero-order valence-corrected chi connectivity index (χ0v) is 18.2. The van der Waals surface area contributed by atoms with Gasteiger partial charge >= 0.3 is 6.09 Å². The molecule has 4 heteroatoms. The Morgan fingerprint density at radius 3 is 2.25 bits per heavy atom. The second-order valence-corrected chi connectivity index (χ2v) is 8.01. The molecule has 2 N–H and O–H groups in total. The molecule has 0 aliphatic heterocycles. The number of amides is 1. The number of alkyl carbamates (subject to hydrolysis) is 1. The van der Waals surface area contributed by atoms with E-state index in [0.717, 1.165) is 24.8 Å². The van der Waals surface area contributed by atoms with Crippen molar-refractivity contribution < 1.29 is 14.6 Å². The molecule has 32 heavy (non-hydrogen) atoms. The third-order valence-corrected chi connectivity index (χ3v) is 5.84. The zero-order valence-electron chi connectivity index (χ0n) is 18.2. The van der Waals surface area contributed by atoms with Gasteiger partial charge in [0.2, 0.25) is 0 Å². The SMILES string of the molecule is O=C(NCCC=Cc1ccc(CCCO)cc1)OCC1c2ccccc2-c2ccccc21. The summed E-state index contributed by atoms with van der Waals surface area (Å²) in [6.45, 7) is 1.08. The van der Waals surface area contributed by atoms with Gasteiger partial charge in [0.05, 0.1) is 0 Å². The molecular weight excluding hydrogens is 398 g/mol. The second-order valence-electron chi connectivity index (χ2n) is 8.01. The molecule has 1 amide bonds. The molecule has 1 aliphatic carbocycles. The van der Waals surface area contributed by atoms with E-state index in [1.54, 1.807) is 0 Å². The van der Waals surface area contributed by atoms with Crippen molar-refractivity contribution in [1.29, 1.82) is 0 Å². The molecule has 0 aromatic heterocycles. The zero-order chi connectivity index (χ0) is 22.2. The minimum absolute atomic E-state index is 0.0772. The van der Waals surface area contributed by atoms with Crippen molar-refractivity contribution in [2.45, 2.75) is 25.2 Å². The Morgan fingerprint density at radius 1 is 0.938 bits per heavy atom. The maximum atomic E-state index is 12.2. The number of nitrogens with one attached hydrogen (secondary N) is 1. The van der Waals surface area contributed by atoms with Crippen LogP contribution in [0.1, 0.15) is 41.0 Å². The van der Waals surface area contributed by atoms with Gasteiger partial charge in [-0.05, 0) is 52.6 Å². The summed E-state index contributed by atoms with van der Waals surface area (Å²) in [5.74, 6) is 0.0772. The van der Waals surface area contributed by atoms with Crippen molar-refractivity contribution in [3.05, 3.63) is 101 Å². The van der Waals surface area contributed by atoms with Crippen LogP contribution in [0.4, 0.5) is 4.79 Å². The van der Waals surface area contributed by atoms with E-state index in [9.17, 15) is 4.79 Å². The van der Waals surface area contributed by atoms with E-state index in [4.69, 9.17) is 9.84 Å². The van der Waals surface area contributed by atoms with Crippen LogP contribution in [0.2, 0.25) is 0 Å². The molecule has 164 valence electrons. The fraction of sp³-hybridized carbons (Fsp3) is 0.250. The number of benzene rings is 3. The Hall–Kier alpha value is -3.37. The lowest BCUT2D eigenvalue weighted by Crippen LogP contribution is -2.26. The molecule has 1 aliphatic rings. The number of aliphatic hydroxyl groups excluding tert-OH is 1. The maximum absolute atomic E-state index is 12.2. The van der Waals surface area contributed by atoms with Crippen LogP contribution in [0.5, 0.6) is 0 Å². The normalized spacial score (nSPS) is 12.5. The van der Waals surface area contributed by atoms with E-state index >= 15 is 0 Å². The third-order valence-electron chi connectivity index (χ3n) is 5.84. The van der Waals surface area contributed by atoms with Crippen molar-refractivity contribution in [3.8, 4) is 11.1 Å². The molecule has 0 spiro atoms. The molecule has 4 rings (SSSR count). The third kappa shape index (κ3) is 5.27. The number of fused-ring (bicyclic) bond motifs is 3. The summed E-state index contributed by atoms with van der Waals surface area (Å²) in [5, 5.41) is 11.7. The summed E-state index contributed by atoms with van der Waals surface area (Å²) in [6.07, 6.45) is 6.13. The first-order valence-electron chi connectivity index (χ1n) is 11.2. The van der Waals surface area contributed by atoms with Gasteiger partial charge in [-0.3, -0.25) is 0 Å². The Morgan fingerprint density at radius 2 is 1.59 bits per heavy atom. The highest BCUT2D eigenvalue weighted by atomic mass is 16.5. The largest absolute Gasteiger partial charge is 0.449 e. The van der Waals surface area contributed by atoms with E-state index in [-0.39, 0.29) is 18.6 Å². The first-order chi connectivity index (χ1) is 15.8. The summed E-state index contributed by atoms with van der Waals surface area (Å²) in [7, 11) is 0. The number of hydrogen-bond acceptors (Lipinski definition) is 3. The van der Waals surface area contributed by atoms with Gasteiger partial charge in [0.25, 0.3) is 0 Å². The molecule has 3 aromatic carbocycles. The highest BCUT2D eigenvalue weighted by Crippen LogP contribution is 2.44. The number of aliphatic hydroxyl groups is 1. The van der Waals surface area contributed by atoms with Gasteiger partial charge in [-0.25, -0.2) is 4.79 Å². The number of rotatable bonds is 9. The molecule has 4 nitrogen and oxygen atoms in total. The summed E-state index contributed by atoms with van der Waals surface area (Å²) >= 11 is 0. The van der Waals surface area contributed by atoms with Crippen LogP contribution >= 0.6 is 0 Å². The number of carbonyl (C=O) groups excluding carboxylic acids is 1.